The quantitative estimate of drug-likeness (QED) is 0.669. The summed E-state index contributed by atoms with van der Waals surface area (Å²) in [5.41, 5.74) is 6.66. The molecule has 1 aliphatic carbocycles. The summed E-state index contributed by atoms with van der Waals surface area (Å²) in [6.45, 7) is 1.25. The first-order valence-electron chi connectivity index (χ1n) is 6.10. The Morgan fingerprint density at radius 1 is 1.35 bits per heavy atom. The molecule has 0 aromatic heterocycles. The van der Waals surface area contributed by atoms with Gasteiger partial charge in [-0.15, -0.1) is 0 Å². The van der Waals surface area contributed by atoms with Crippen molar-refractivity contribution < 1.29 is 4.79 Å². The highest BCUT2D eigenvalue weighted by Crippen LogP contribution is 2.40. The molecular weight excluding hydrogens is 214 g/mol. The number of hydrogen-bond donors (Lipinski definition) is 3. The zero-order valence-electron chi connectivity index (χ0n) is 9.86. The minimum absolute atomic E-state index is 0.0816. The predicted octanol–water partition coefficient (Wildman–Crippen LogP) is 1.19. The van der Waals surface area contributed by atoms with Crippen LogP contribution in [0.2, 0.25) is 0 Å². The van der Waals surface area contributed by atoms with E-state index in [2.05, 4.69) is 22.8 Å². The van der Waals surface area contributed by atoms with Gasteiger partial charge in [0.15, 0.2) is 0 Å². The van der Waals surface area contributed by atoms with E-state index in [9.17, 15) is 4.79 Å². The van der Waals surface area contributed by atoms with E-state index in [0.717, 1.165) is 12.8 Å². The lowest BCUT2D eigenvalue weighted by atomic mass is 10.1. The Balaban J connectivity index is 1.71. The molecule has 0 spiro atoms. The van der Waals surface area contributed by atoms with Crippen LogP contribution in [-0.2, 0) is 0 Å². The van der Waals surface area contributed by atoms with Gasteiger partial charge in [0.25, 0.3) is 0 Å². The Hall–Kier alpha value is -1.55. The Bertz CT molecular complexity index is 366. The van der Waals surface area contributed by atoms with Crippen molar-refractivity contribution in [2.45, 2.75) is 24.8 Å². The summed E-state index contributed by atoms with van der Waals surface area (Å²) in [5.74, 6) is 0.483. The molecule has 2 atom stereocenters. The molecule has 4 nitrogen and oxygen atoms in total. The molecule has 17 heavy (non-hydrogen) atoms. The first kappa shape index (κ1) is 11.9. The molecule has 1 aromatic rings. The lowest BCUT2D eigenvalue weighted by Crippen LogP contribution is -2.38. The fraction of sp³-hybridized carbons (Fsp3) is 0.462. The number of carbonyl (C=O) groups excluding carboxylic acids is 1. The molecule has 4 heteroatoms. The molecule has 2 rings (SSSR count). The average Bonchev–Trinajstić information content (AvgIpc) is 3.10. The van der Waals surface area contributed by atoms with Gasteiger partial charge in [-0.1, -0.05) is 30.3 Å². The van der Waals surface area contributed by atoms with Gasteiger partial charge in [-0.25, -0.2) is 4.79 Å². The van der Waals surface area contributed by atoms with Gasteiger partial charge in [0.05, 0.1) is 0 Å². The maximum atomic E-state index is 11.5. The third-order valence-corrected chi connectivity index (χ3v) is 3.00. The molecule has 92 valence electrons. The summed E-state index contributed by atoms with van der Waals surface area (Å²) in [7, 11) is 0. The molecule has 0 aliphatic heterocycles. The van der Waals surface area contributed by atoms with Gasteiger partial charge < -0.3 is 16.4 Å². The molecule has 2 amide bonds. The van der Waals surface area contributed by atoms with Gasteiger partial charge in [0, 0.05) is 18.5 Å². The van der Waals surface area contributed by atoms with Crippen LogP contribution in [0.3, 0.4) is 0 Å². The van der Waals surface area contributed by atoms with Crippen molar-refractivity contribution in [1.82, 2.24) is 10.6 Å². The summed E-state index contributed by atoms with van der Waals surface area (Å²) in [6, 6.07) is 10.5. The maximum Gasteiger partial charge on any atom is 0.315 e. The number of rotatable bonds is 5. The van der Waals surface area contributed by atoms with Gasteiger partial charge in [-0.2, -0.15) is 0 Å². The third kappa shape index (κ3) is 3.46. The van der Waals surface area contributed by atoms with Crippen molar-refractivity contribution >= 4 is 6.03 Å². The Labute approximate surface area is 102 Å². The summed E-state index contributed by atoms with van der Waals surface area (Å²) in [4.78, 5) is 11.5. The van der Waals surface area contributed by atoms with E-state index in [1.807, 2.05) is 18.2 Å². The summed E-state index contributed by atoms with van der Waals surface area (Å²) in [6.07, 6.45) is 1.86. The molecule has 0 radical (unpaired) electrons. The standard InChI is InChI=1S/C13H19N3O/c14-7-4-8-15-13(17)16-12-9-11(12)10-5-2-1-3-6-10/h1-3,5-6,11-12H,4,7-9,14H2,(H2,15,16,17). The number of hydrogen-bond acceptors (Lipinski definition) is 2. The van der Waals surface area contributed by atoms with E-state index >= 15 is 0 Å². The summed E-state index contributed by atoms with van der Waals surface area (Å²) >= 11 is 0. The largest absolute Gasteiger partial charge is 0.338 e. The second-order valence-electron chi connectivity index (χ2n) is 4.40. The van der Waals surface area contributed by atoms with Gasteiger partial charge in [0.2, 0.25) is 0 Å². The highest BCUT2D eigenvalue weighted by Gasteiger charge is 2.39. The van der Waals surface area contributed by atoms with Crippen molar-refractivity contribution in [2.75, 3.05) is 13.1 Å². The maximum absolute atomic E-state index is 11.5. The fourth-order valence-electron chi connectivity index (χ4n) is 1.95. The number of urea groups is 1. The first-order chi connectivity index (χ1) is 8.31. The van der Waals surface area contributed by atoms with Crippen LogP contribution < -0.4 is 16.4 Å². The van der Waals surface area contributed by atoms with E-state index in [-0.39, 0.29) is 12.1 Å². The molecule has 1 fully saturated rings. The lowest BCUT2D eigenvalue weighted by molar-refractivity contribution is 0.240. The molecule has 4 N–H and O–H groups in total. The van der Waals surface area contributed by atoms with Crippen LogP contribution in [0.4, 0.5) is 4.79 Å². The van der Waals surface area contributed by atoms with Crippen LogP contribution in [0, 0.1) is 0 Å². The number of nitrogens with one attached hydrogen (secondary N) is 2. The van der Waals surface area contributed by atoms with Gasteiger partial charge in [0.1, 0.15) is 0 Å². The van der Waals surface area contributed by atoms with Crippen molar-refractivity contribution in [3.05, 3.63) is 35.9 Å². The van der Waals surface area contributed by atoms with Crippen LogP contribution in [0.1, 0.15) is 24.3 Å². The zero-order valence-corrected chi connectivity index (χ0v) is 9.86. The first-order valence-corrected chi connectivity index (χ1v) is 6.10. The molecule has 1 aliphatic rings. The van der Waals surface area contributed by atoms with Gasteiger partial charge >= 0.3 is 6.03 Å². The average molecular weight is 233 g/mol. The van der Waals surface area contributed by atoms with E-state index in [0.29, 0.717) is 19.0 Å². The normalized spacial score (nSPS) is 21.9. The highest BCUT2D eigenvalue weighted by molar-refractivity contribution is 5.74. The topological polar surface area (TPSA) is 67.1 Å². The molecule has 0 bridgehead atoms. The predicted molar refractivity (Wildman–Crippen MR) is 67.8 cm³/mol. The summed E-state index contributed by atoms with van der Waals surface area (Å²) in [5, 5.41) is 5.77. The molecule has 2 unspecified atom stereocenters. The number of nitrogens with two attached hydrogens (primary N) is 1. The van der Waals surface area contributed by atoms with Crippen LogP contribution in [0.15, 0.2) is 30.3 Å². The lowest BCUT2D eigenvalue weighted by Gasteiger charge is -2.06. The SMILES string of the molecule is NCCCNC(=O)NC1CC1c1ccccc1. The monoisotopic (exact) mass is 233 g/mol. The van der Waals surface area contributed by atoms with Crippen LogP contribution in [0.5, 0.6) is 0 Å². The highest BCUT2D eigenvalue weighted by atomic mass is 16.2. The van der Waals surface area contributed by atoms with Crippen molar-refractivity contribution in [1.29, 1.82) is 0 Å². The van der Waals surface area contributed by atoms with Crippen LogP contribution >= 0.6 is 0 Å². The molecule has 0 saturated heterocycles. The van der Waals surface area contributed by atoms with E-state index in [1.54, 1.807) is 0 Å². The summed E-state index contributed by atoms with van der Waals surface area (Å²) < 4.78 is 0. The second-order valence-corrected chi connectivity index (χ2v) is 4.40. The van der Waals surface area contributed by atoms with E-state index in [4.69, 9.17) is 5.73 Å². The zero-order chi connectivity index (χ0) is 12.1. The molecule has 1 saturated carbocycles. The van der Waals surface area contributed by atoms with Gasteiger partial charge in [-0.3, -0.25) is 0 Å². The van der Waals surface area contributed by atoms with E-state index in [1.165, 1.54) is 5.56 Å². The van der Waals surface area contributed by atoms with Crippen molar-refractivity contribution in [2.24, 2.45) is 5.73 Å². The Morgan fingerprint density at radius 3 is 2.82 bits per heavy atom. The van der Waals surface area contributed by atoms with Crippen molar-refractivity contribution in [3.8, 4) is 0 Å². The Morgan fingerprint density at radius 2 is 2.12 bits per heavy atom. The van der Waals surface area contributed by atoms with E-state index < -0.39 is 0 Å². The number of carbonyl (C=O) groups is 1. The number of benzene rings is 1. The smallest absolute Gasteiger partial charge is 0.315 e. The van der Waals surface area contributed by atoms with Crippen LogP contribution in [0.25, 0.3) is 0 Å². The molecule has 0 heterocycles. The minimum Gasteiger partial charge on any atom is -0.338 e. The minimum atomic E-state index is -0.0816. The van der Waals surface area contributed by atoms with Crippen molar-refractivity contribution in [3.63, 3.8) is 0 Å². The van der Waals surface area contributed by atoms with Crippen LogP contribution in [-0.4, -0.2) is 25.2 Å². The van der Waals surface area contributed by atoms with Gasteiger partial charge in [-0.05, 0) is 24.9 Å². The second kappa shape index (κ2) is 5.68. The Kier molecular flexibility index (Phi) is 3.98. The third-order valence-electron chi connectivity index (χ3n) is 3.00. The fourth-order valence-corrected chi connectivity index (χ4v) is 1.95. The number of amides is 2. The molecular formula is C13H19N3O. The molecule has 1 aromatic carbocycles.